The molecule has 0 spiro atoms. The van der Waals surface area contributed by atoms with Crippen molar-refractivity contribution in [1.29, 1.82) is 0 Å². The molecule has 1 unspecified atom stereocenters. The molecule has 1 nitrogen and oxygen atoms in total. The van der Waals surface area contributed by atoms with Gasteiger partial charge in [-0.15, -0.1) is 0 Å². The molecule has 0 radical (unpaired) electrons. The molecule has 2 heteroatoms. The summed E-state index contributed by atoms with van der Waals surface area (Å²) < 4.78 is 0. The lowest BCUT2D eigenvalue weighted by Gasteiger charge is -2.64. The number of thioether (sulfide) groups is 1. The third-order valence-electron chi connectivity index (χ3n) is 6.88. The van der Waals surface area contributed by atoms with E-state index in [-0.39, 0.29) is 0 Å². The summed E-state index contributed by atoms with van der Waals surface area (Å²) in [4.78, 5) is 0. The molecule has 1 saturated heterocycles. The molecule has 4 bridgehead atoms. The van der Waals surface area contributed by atoms with Crippen LogP contribution < -0.4 is 5.73 Å². The lowest BCUT2D eigenvalue weighted by molar-refractivity contribution is -0.124. The quantitative estimate of drug-likeness (QED) is 0.824. The molecule has 4 saturated carbocycles. The second kappa shape index (κ2) is 4.15. The Morgan fingerprint density at radius 2 is 1.61 bits per heavy atom. The first-order valence-electron chi connectivity index (χ1n) is 8.03. The molecule has 102 valence electrons. The van der Waals surface area contributed by atoms with Crippen molar-refractivity contribution in [2.45, 2.75) is 51.4 Å². The van der Waals surface area contributed by atoms with E-state index in [9.17, 15) is 0 Å². The SMILES string of the molecule is NCC1(C23CC4CC(CC(C4)C2)C3)CCCSC1. The maximum atomic E-state index is 6.35. The summed E-state index contributed by atoms with van der Waals surface area (Å²) in [6.07, 6.45) is 12.2. The monoisotopic (exact) mass is 265 g/mol. The van der Waals surface area contributed by atoms with Gasteiger partial charge in [0.1, 0.15) is 0 Å². The summed E-state index contributed by atoms with van der Waals surface area (Å²) in [5, 5.41) is 0. The highest BCUT2D eigenvalue weighted by atomic mass is 32.2. The minimum absolute atomic E-state index is 0.520. The van der Waals surface area contributed by atoms with Crippen LogP contribution in [0.1, 0.15) is 51.4 Å². The maximum absolute atomic E-state index is 6.35. The fourth-order valence-corrected chi connectivity index (χ4v) is 7.86. The van der Waals surface area contributed by atoms with Crippen LogP contribution in [0, 0.1) is 28.6 Å². The van der Waals surface area contributed by atoms with Gasteiger partial charge in [0.2, 0.25) is 0 Å². The van der Waals surface area contributed by atoms with Crippen LogP contribution >= 0.6 is 11.8 Å². The highest BCUT2D eigenvalue weighted by Gasteiger charge is 2.59. The maximum Gasteiger partial charge on any atom is 0.000662 e. The van der Waals surface area contributed by atoms with Crippen molar-refractivity contribution in [2.75, 3.05) is 18.1 Å². The summed E-state index contributed by atoms with van der Waals surface area (Å²) in [5.41, 5.74) is 7.54. The smallest absolute Gasteiger partial charge is 0.000662 e. The van der Waals surface area contributed by atoms with Crippen molar-refractivity contribution < 1.29 is 0 Å². The number of rotatable bonds is 2. The van der Waals surface area contributed by atoms with Crippen LogP contribution in [-0.4, -0.2) is 18.1 Å². The topological polar surface area (TPSA) is 26.0 Å². The van der Waals surface area contributed by atoms with Crippen LogP contribution in [0.25, 0.3) is 0 Å². The molecular formula is C16H27NS. The zero-order valence-corrected chi connectivity index (χ0v) is 12.3. The Morgan fingerprint density at radius 1 is 1.00 bits per heavy atom. The predicted octanol–water partition coefficient (Wildman–Crippen LogP) is 3.67. The Morgan fingerprint density at radius 3 is 2.06 bits per heavy atom. The van der Waals surface area contributed by atoms with Gasteiger partial charge in [0.25, 0.3) is 0 Å². The second-order valence-electron chi connectivity index (χ2n) is 7.84. The molecule has 0 aromatic carbocycles. The minimum atomic E-state index is 0.520. The van der Waals surface area contributed by atoms with Crippen LogP contribution in [-0.2, 0) is 0 Å². The molecule has 1 atom stereocenters. The van der Waals surface area contributed by atoms with Crippen molar-refractivity contribution in [3.8, 4) is 0 Å². The van der Waals surface area contributed by atoms with E-state index in [4.69, 9.17) is 5.73 Å². The fraction of sp³-hybridized carbons (Fsp3) is 1.00. The van der Waals surface area contributed by atoms with Crippen molar-refractivity contribution in [2.24, 2.45) is 34.3 Å². The molecule has 1 aliphatic heterocycles. The number of hydrogen-bond acceptors (Lipinski definition) is 2. The zero-order chi connectivity index (χ0) is 12.2. The Bertz CT molecular complexity index is 297. The standard InChI is InChI=1S/C16H27NS/c17-10-15(2-1-3-18-11-15)16-7-12-4-13(8-16)6-14(5-12)9-16/h12-14H,1-11,17H2. The Balaban J connectivity index is 1.69. The number of hydrogen-bond donors (Lipinski definition) is 1. The summed E-state index contributed by atoms with van der Waals surface area (Å²) in [5.74, 6) is 5.98. The Kier molecular flexibility index (Phi) is 2.79. The van der Waals surface area contributed by atoms with Crippen molar-refractivity contribution in [1.82, 2.24) is 0 Å². The van der Waals surface area contributed by atoms with E-state index < -0.39 is 0 Å². The molecule has 1 heterocycles. The van der Waals surface area contributed by atoms with Crippen LogP contribution in [0.5, 0.6) is 0 Å². The van der Waals surface area contributed by atoms with Crippen molar-refractivity contribution in [3.63, 3.8) is 0 Å². The summed E-state index contributed by atoms with van der Waals surface area (Å²) >= 11 is 2.20. The van der Waals surface area contributed by atoms with E-state index >= 15 is 0 Å². The summed E-state index contributed by atoms with van der Waals surface area (Å²) in [6, 6.07) is 0. The van der Waals surface area contributed by atoms with Gasteiger partial charge in [-0.3, -0.25) is 0 Å². The summed E-state index contributed by atoms with van der Waals surface area (Å²) in [7, 11) is 0. The van der Waals surface area contributed by atoms with E-state index in [1.54, 1.807) is 19.3 Å². The minimum Gasteiger partial charge on any atom is -0.330 e. The average Bonchev–Trinajstić information content (AvgIpc) is 2.38. The molecule has 5 fully saturated rings. The third kappa shape index (κ3) is 1.57. The van der Waals surface area contributed by atoms with Gasteiger partial charge in [-0.05, 0) is 92.2 Å². The average molecular weight is 265 g/mol. The van der Waals surface area contributed by atoms with E-state index in [0.29, 0.717) is 10.8 Å². The largest absolute Gasteiger partial charge is 0.330 e. The van der Waals surface area contributed by atoms with E-state index in [1.807, 2.05) is 0 Å². The van der Waals surface area contributed by atoms with Gasteiger partial charge in [-0.25, -0.2) is 0 Å². The molecule has 18 heavy (non-hydrogen) atoms. The van der Waals surface area contributed by atoms with Crippen LogP contribution in [0.4, 0.5) is 0 Å². The van der Waals surface area contributed by atoms with Gasteiger partial charge >= 0.3 is 0 Å². The van der Waals surface area contributed by atoms with Gasteiger partial charge in [-0.2, -0.15) is 11.8 Å². The molecular weight excluding hydrogens is 238 g/mol. The van der Waals surface area contributed by atoms with Crippen LogP contribution in [0.2, 0.25) is 0 Å². The second-order valence-corrected chi connectivity index (χ2v) is 8.94. The first-order chi connectivity index (χ1) is 8.75. The van der Waals surface area contributed by atoms with Crippen molar-refractivity contribution in [3.05, 3.63) is 0 Å². The van der Waals surface area contributed by atoms with Gasteiger partial charge in [0, 0.05) is 5.75 Å². The molecule has 2 N–H and O–H groups in total. The molecule has 0 aromatic rings. The predicted molar refractivity (Wildman–Crippen MR) is 78.7 cm³/mol. The Labute approximate surface area is 116 Å². The molecule has 5 rings (SSSR count). The van der Waals surface area contributed by atoms with E-state index in [1.165, 1.54) is 43.6 Å². The normalized spacial score (nSPS) is 54.8. The van der Waals surface area contributed by atoms with Gasteiger partial charge < -0.3 is 5.73 Å². The molecule has 0 aromatic heterocycles. The Hall–Kier alpha value is 0.310. The summed E-state index contributed by atoms with van der Waals surface area (Å²) in [6.45, 7) is 0.964. The molecule has 0 amide bonds. The van der Waals surface area contributed by atoms with Gasteiger partial charge in [0.15, 0.2) is 0 Å². The van der Waals surface area contributed by atoms with Gasteiger partial charge in [-0.1, -0.05) is 0 Å². The lowest BCUT2D eigenvalue weighted by atomic mass is 9.42. The van der Waals surface area contributed by atoms with E-state index in [0.717, 1.165) is 24.3 Å². The van der Waals surface area contributed by atoms with Crippen molar-refractivity contribution >= 4 is 11.8 Å². The molecule has 5 aliphatic rings. The van der Waals surface area contributed by atoms with E-state index in [2.05, 4.69) is 11.8 Å². The van der Waals surface area contributed by atoms with Crippen LogP contribution in [0.15, 0.2) is 0 Å². The third-order valence-corrected chi connectivity index (χ3v) is 8.21. The van der Waals surface area contributed by atoms with Crippen LogP contribution in [0.3, 0.4) is 0 Å². The van der Waals surface area contributed by atoms with Gasteiger partial charge in [0.05, 0.1) is 0 Å². The lowest BCUT2D eigenvalue weighted by Crippen LogP contribution is -2.58. The fourth-order valence-electron chi connectivity index (χ4n) is 6.41. The first-order valence-corrected chi connectivity index (χ1v) is 9.19. The highest BCUT2D eigenvalue weighted by molar-refractivity contribution is 7.99. The highest BCUT2D eigenvalue weighted by Crippen LogP contribution is 2.67. The molecule has 4 aliphatic carbocycles. The zero-order valence-electron chi connectivity index (χ0n) is 11.5. The first kappa shape index (κ1) is 12.1. The number of nitrogens with two attached hydrogens (primary N) is 1.